The van der Waals surface area contributed by atoms with Gasteiger partial charge in [-0.1, -0.05) is 23.4 Å². The zero-order valence-electron chi connectivity index (χ0n) is 11.7. The summed E-state index contributed by atoms with van der Waals surface area (Å²) in [4.78, 5) is 15.5. The van der Waals surface area contributed by atoms with Crippen molar-refractivity contribution in [3.8, 4) is 28.8 Å². The zero-order valence-corrected chi connectivity index (χ0v) is 12.5. The van der Waals surface area contributed by atoms with Gasteiger partial charge in [0.1, 0.15) is 12.3 Å². The van der Waals surface area contributed by atoms with Crippen LogP contribution in [-0.4, -0.2) is 26.5 Å². The van der Waals surface area contributed by atoms with Gasteiger partial charge in [0.2, 0.25) is 0 Å². The molecule has 22 heavy (non-hydrogen) atoms. The van der Waals surface area contributed by atoms with Gasteiger partial charge in [0.15, 0.2) is 0 Å². The lowest BCUT2D eigenvalue weighted by Gasteiger charge is -2.02. The predicted octanol–water partition coefficient (Wildman–Crippen LogP) is 1.97. The number of aliphatic hydroxyl groups is 1. The number of hydrogen-bond acceptors (Lipinski definition) is 3. The topological polar surface area (TPSA) is 70.9 Å². The largest absolute Gasteiger partial charge is 0.384 e. The monoisotopic (exact) mass is 313 g/mol. The molecule has 0 fully saturated rings. The summed E-state index contributed by atoms with van der Waals surface area (Å²) in [6, 6.07) is 6.86. The summed E-state index contributed by atoms with van der Waals surface area (Å²) in [6.45, 7) is 1.59. The number of aromatic amines is 1. The molecule has 0 unspecified atom stereocenters. The van der Waals surface area contributed by atoms with E-state index in [4.69, 9.17) is 16.7 Å². The molecule has 3 rings (SSSR count). The van der Waals surface area contributed by atoms with Crippen molar-refractivity contribution in [1.29, 1.82) is 0 Å². The second-order valence-corrected chi connectivity index (χ2v) is 5.14. The lowest BCUT2D eigenvalue weighted by atomic mass is 10.1. The number of halogens is 1. The van der Waals surface area contributed by atoms with E-state index in [-0.39, 0.29) is 12.2 Å². The molecular formula is C16H12ClN3O2. The normalized spacial score (nSPS) is 10.5. The molecule has 2 aliphatic rings. The quantitative estimate of drug-likeness (QED) is 0.675. The Morgan fingerprint density at radius 3 is 2.77 bits per heavy atom. The molecule has 6 heteroatoms. The highest BCUT2D eigenvalue weighted by atomic mass is 35.5. The van der Waals surface area contributed by atoms with E-state index in [2.05, 4.69) is 21.9 Å². The van der Waals surface area contributed by atoms with E-state index in [9.17, 15) is 4.79 Å². The van der Waals surface area contributed by atoms with E-state index in [1.165, 1.54) is 4.68 Å². The molecule has 2 heterocycles. The second kappa shape index (κ2) is 5.68. The first-order valence-corrected chi connectivity index (χ1v) is 6.96. The predicted molar refractivity (Wildman–Crippen MR) is 84.5 cm³/mol. The lowest BCUT2D eigenvalue weighted by molar-refractivity contribution is 0.350. The van der Waals surface area contributed by atoms with Crippen LogP contribution in [0.2, 0.25) is 5.02 Å². The molecule has 0 atom stereocenters. The number of aliphatic hydroxyl groups excluding tert-OH is 1. The SMILES string of the molecule is Cc1[nH]cc2c(=O)n(-c3ccc(Cl)cc3)nc-2c1C#CCO. The molecule has 0 saturated heterocycles. The smallest absolute Gasteiger partial charge is 0.282 e. The van der Waals surface area contributed by atoms with Gasteiger partial charge >= 0.3 is 0 Å². The van der Waals surface area contributed by atoms with Crippen LogP contribution in [0.25, 0.3) is 16.9 Å². The molecular weight excluding hydrogens is 302 g/mol. The number of pyridine rings is 1. The fourth-order valence-corrected chi connectivity index (χ4v) is 2.32. The minimum Gasteiger partial charge on any atom is -0.384 e. The summed E-state index contributed by atoms with van der Waals surface area (Å²) in [6.07, 6.45) is 1.62. The highest BCUT2D eigenvalue weighted by Crippen LogP contribution is 2.23. The van der Waals surface area contributed by atoms with E-state index >= 15 is 0 Å². The van der Waals surface area contributed by atoms with Crippen molar-refractivity contribution in [1.82, 2.24) is 14.8 Å². The van der Waals surface area contributed by atoms with E-state index in [0.717, 1.165) is 5.69 Å². The molecule has 5 nitrogen and oxygen atoms in total. The van der Waals surface area contributed by atoms with Crippen molar-refractivity contribution in [3.05, 3.63) is 57.1 Å². The van der Waals surface area contributed by atoms with Crippen LogP contribution in [0.4, 0.5) is 0 Å². The number of fused-ring (bicyclic) bond motifs is 1. The number of aryl methyl sites for hydroxylation is 1. The first-order chi connectivity index (χ1) is 10.6. The van der Waals surface area contributed by atoms with Crippen LogP contribution in [0, 0.1) is 18.8 Å². The van der Waals surface area contributed by atoms with Crippen LogP contribution in [0.1, 0.15) is 11.3 Å². The summed E-state index contributed by atoms with van der Waals surface area (Å²) < 4.78 is 1.32. The van der Waals surface area contributed by atoms with Crippen LogP contribution in [-0.2, 0) is 0 Å². The maximum Gasteiger partial charge on any atom is 0.282 e. The Labute approximate surface area is 131 Å². The average molecular weight is 314 g/mol. The summed E-state index contributed by atoms with van der Waals surface area (Å²) in [5, 5.41) is 13.8. The number of nitrogens with zero attached hydrogens (tertiary/aromatic N) is 2. The van der Waals surface area contributed by atoms with E-state index in [1.807, 2.05) is 6.92 Å². The molecule has 110 valence electrons. The number of aromatic nitrogens is 3. The second-order valence-electron chi connectivity index (χ2n) is 4.70. The maximum absolute atomic E-state index is 12.5. The molecule has 0 saturated carbocycles. The van der Waals surface area contributed by atoms with Gasteiger partial charge in [-0.3, -0.25) is 4.79 Å². The first-order valence-electron chi connectivity index (χ1n) is 6.58. The standard InChI is InChI=1S/C16H12ClN3O2/c1-10-13(3-2-8-21)15-14(9-18-10)16(22)20(19-15)12-6-4-11(17)5-7-12/h4-7,9,18,21H,8H2,1H3. The molecule has 0 amide bonds. The third-order valence-electron chi connectivity index (χ3n) is 3.29. The van der Waals surface area contributed by atoms with Crippen molar-refractivity contribution in [2.45, 2.75) is 6.92 Å². The first kappa shape index (κ1) is 14.4. The van der Waals surface area contributed by atoms with Crippen LogP contribution in [0.15, 0.2) is 35.3 Å². The molecule has 0 bridgehead atoms. The Balaban J connectivity index is 2.26. The third-order valence-corrected chi connectivity index (χ3v) is 3.54. The molecule has 0 radical (unpaired) electrons. The maximum atomic E-state index is 12.5. The zero-order chi connectivity index (χ0) is 15.7. The van der Waals surface area contributed by atoms with Crippen molar-refractivity contribution >= 4 is 11.6 Å². The van der Waals surface area contributed by atoms with Crippen molar-refractivity contribution in [2.75, 3.05) is 6.61 Å². The Morgan fingerprint density at radius 2 is 2.09 bits per heavy atom. The van der Waals surface area contributed by atoms with Gasteiger partial charge in [-0.25, -0.2) is 0 Å². The Hall–Kier alpha value is -2.55. The van der Waals surface area contributed by atoms with E-state index < -0.39 is 0 Å². The van der Waals surface area contributed by atoms with Gasteiger partial charge < -0.3 is 10.1 Å². The van der Waals surface area contributed by atoms with Gasteiger partial charge in [-0.15, -0.1) is 0 Å². The van der Waals surface area contributed by atoms with Crippen LogP contribution in [0.3, 0.4) is 0 Å². The van der Waals surface area contributed by atoms with E-state index in [0.29, 0.717) is 27.5 Å². The fourth-order valence-electron chi connectivity index (χ4n) is 2.20. The van der Waals surface area contributed by atoms with Crippen LogP contribution >= 0.6 is 11.6 Å². The minimum atomic E-state index is -0.252. The van der Waals surface area contributed by atoms with Gasteiger partial charge in [-0.05, 0) is 31.2 Å². The number of H-pyrrole nitrogens is 1. The van der Waals surface area contributed by atoms with Crippen molar-refractivity contribution in [3.63, 3.8) is 0 Å². The Kier molecular flexibility index (Phi) is 3.72. The van der Waals surface area contributed by atoms with Crippen molar-refractivity contribution < 1.29 is 5.11 Å². The minimum absolute atomic E-state index is 0.236. The highest BCUT2D eigenvalue weighted by molar-refractivity contribution is 6.30. The summed E-state index contributed by atoms with van der Waals surface area (Å²) in [5.74, 6) is 5.43. The van der Waals surface area contributed by atoms with Gasteiger partial charge in [0, 0.05) is 16.9 Å². The molecule has 2 N–H and O–H groups in total. The number of hydrogen-bond donors (Lipinski definition) is 2. The number of nitrogens with one attached hydrogen (secondary N) is 1. The Bertz CT molecular complexity index is 913. The molecule has 2 aliphatic heterocycles. The molecule has 0 spiro atoms. The number of benzene rings is 1. The van der Waals surface area contributed by atoms with Gasteiger partial charge in [-0.2, -0.15) is 9.78 Å². The number of rotatable bonds is 1. The highest BCUT2D eigenvalue weighted by Gasteiger charge is 2.20. The molecule has 1 aromatic rings. The fraction of sp³-hybridized carbons (Fsp3) is 0.125. The summed E-state index contributed by atoms with van der Waals surface area (Å²) >= 11 is 5.87. The van der Waals surface area contributed by atoms with E-state index in [1.54, 1.807) is 30.5 Å². The summed E-state index contributed by atoms with van der Waals surface area (Å²) in [5.41, 5.74) is 2.75. The molecule has 1 aromatic carbocycles. The van der Waals surface area contributed by atoms with Gasteiger partial charge in [0.25, 0.3) is 5.56 Å². The molecule has 0 aromatic heterocycles. The summed E-state index contributed by atoms with van der Waals surface area (Å²) in [7, 11) is 0. The van der Waals surface area contributed by atoms with Crippen LogP contribution < -0.4 is 5.56 Å². The molecule has 0 aliphatic carbocycles. The lowest BCUT2D eigenvalue weighted by Crippen LogP contribution is -2.14. The van der Waals surface area contributed by atoms with Gasteiger partial charge in [0.05, 0.1) is 16.8 Å². The van der Waals surface area contributed by atoms with Crippen molar-refractivity contribution in [2.24, 2.45) is 0 Å². The third kappa shape index (κ3) is 2.39. The average Bonchev–Trinajstić information content (AvgIpc) is 2.84. The Morgan fingerprint density at radius 1 is 1.36 bits per heavy atom. The van der Waals surface area contributed by atoms with Crippen LogP contribution in [0.5, 0.6) is 0 Å².